The summed E-state index contributed by atoms with van der Waals surface area (Å²) in [6.07, 6.45) is 3.80. The number of carbonyl (C=O) groups excluding carboxylic acids is 2. The number of amides is 3. The summed E-state index contributed by atoms with van der Waals surface area (Å²) in [7, 11) is 0. The monoisotopic (exact) mass is 215 g/mol. The molecule has 5 N–H and O–H groups in total. The van der Waals surface area contributed by atoms with Gasteiger partial charge in [0, 0.05) is 5.54 Å². The second-order valence-electron chi connectivity index (χ2n) is 3.91. The van der Waals surface area contributed by atoms with E-state index in [9.17, 15) is 14.7 Å². The molecule has 6 heteroatoms. The molecule has 1 aliphatic rings. The summed E-state index contributed by atoms with van der Waals surface area (Å²) in [6.45, 7) is 0.0142. The summed E-state index contributed by atoms with van der Waals surface area (Å²) < 4.78 is 0. The van der Waals surface area contributed by atoms with Gasteiger partial charge in [0.2, 0.25) is 5.91 Å². The Bertz CT molecular complexity index is 249. The lowest BCUT2D eigenvalue weighted by atomic mass is 9.99. The Balaban J connectivity index is 2.34. The minimum absolute atomic E-state index is 0.00347. The van der Waals surface area contributed by atoms with Gasteiger partial charge < -0.3 is 16.2 Å². The first-order valence-corrected chi connectivity index (χ1v) is 5.03. The Morgan fingerprint density at radius 2 is 1.93 bits per heavy atom. The van der Waals surface area contributed by atoms with E-state index in [0.29, 0.717) is 0 Å². The lowest BCUT2D eigenvalue weighted by Crippen LogP contribution is -2.51. The second-order valence-corrected chi connectivity index (χ2v) is 3.91. The van der Waals surface area contributed by atoms with E-state index in [1.807, 2.05) is 5.32 Å². The van der Waals surface area contributed by atoms with Crippen molar-refractivity contribution in [1.29, 1.82) is 0 Å². The fourth-order valence-corrected chi connectivity index (χ4v) is 1.89. The molecule has 1 fully saturated rings. The van der Waals surface area contributed by atoms with Gasteiger partial charge in [-0.25, -0.2) is 4.79 Å². The van der Waals surface area contributed by atoms with Gasteiger partial charge in [-0.05, 0) is 12.8 Å². The Morgan fingerprint density at radius 3 is 2.40 bits per heavy atom. The molecule has 1 aliphatic carbocycles. The summed E-state index contributed by atoms with van der Waals surface area (Å²) >= 11 is 0. The molecule has 0 aromatic rings. The SMILES string of the molecule is NC(=O)NC(=O)CNC1(CO)CCCC1. The van der Waals surface area contributed by atoms with Crippen LogP contribution >= 0.6 is 0 Å². The average molecular weight is 215 g/mol. The zero-order valence-electron chi connectivity index (χ0n) is 8.58. The number of urea groups is 1. The first kappa shape index (κ1) is 11.9. The third-order valence-corrected chi connectivity index (χ3v) is 2.75. The third kappa shape index (κ3) is 3.49. The van der Waals surface area contributed by atoms with Gasteiger partial charge >= 0.3 is 6.03 Å². The van der Waals surface area contributed by atoms with Crippen LogP contribution in [0.5, 0.6) is 0 Å². The van der Waals surface area contributed by atoms with Crippen LogP contribution in [0.4, 0.5) is 4.79 Å². The number of hydrogen-bond donors (Lipinski definition) is 4. The van der Waals surface area contributed by atoms with E-state index in [2.05, 4.69) is 5.32 Å². The molecule has 1 saturated carbocycles. The molecular weight excluding hydrogens is 198 g/mol. The number of aliphatic hydroxyl groups excluding tert-OH is 1. The molecule has 6 nitrogen and oxygen atoms in total. The van der Waals surface area contributed by atoms with Gasteiger partial charge in [-0.1, -0.05) is 12.8 Å². The van der Waals surface area contributed by atoms with E-state index in [1.54, 1.807) is 0 Å². The van der Waals surface area contributed by atoms with Crippen LogP contribution in [0, 0.1) is 0 Å². The molecular formula is C9H17N3O3. The van der Waals surface area contributed by atoms with Gasteiger partial charge in [-0.3, -0.25) is 10.1 Å². The first-order valence-electron chi connectivity index (χ1n) is 5.03. The van der Waals surface area contributed by atoms with Crippen molar-refractivity contribution in [3.8, 4) is 0 Å². The molecule has 0 atom stereocenters. The van der Waals surface area contributed by atoms with Crippen molar-refractivity contribution in [2.75, 3.05) is 13.2 Å². The van der Waals surface area contributed by atoms with E-state index in [4.69, 9.17) is 5.73 Å². The summed E-state index contributed by atoms with van der Waals surface area (Å²) in [4.78, 5) is 21.5. The number of aliphatic hydroxyl groups is 1. The normalized spacial score (nSPS) is 18.7. The Hall–Kier alpha value is -1.14. The first-order chi connectivity index (χ1) is 7.08. The number of rotatable bonds is 4. The summed E-state index contributed by atoms with van der Waals surface area (Å²) in [5, 5.41) is 14.2. The lowest BCUT2D eigenvalue weighted by molar-refractivity contribution is -0.119. The number of carbonyl (C=O) groups is 2. The highest BCUT2D eigenvalue weighted by Gasteiger charge is 2.32. The number of nitrogens with two attached hydrogens (primary N) is 1. The summed E-state index contributed by atoms with van der Waals surface area (Å²) in [6, 6.07) is -0.855. The predicted molar refractivity (Wildman–Crippen MR) is 54.0 cm³/mol. The van der Waals surface area contributed by atoms with Crippen LogP contribution in [0.2, 0.25) is 0 Å². The van der Waals surface area contributed by atoms with Crippen LogP contribution in [0.25, 0.3) is 0 Å². The maximum Gasteiger partial charge on any atom is 0.318 e. The molecule has 0 saturated heterocycles. The second kappa shape index (κ2) is 5.09. The van der Waals surface area contributed by atoms with Crippen molar-refractivity contribution in [1.82, 2.24) is 10.6 Å². The van der Waals surface area contributed by atoms with E-state index in [0.717, 1.165) is 25.7 Å². The van der Waals surface area contributed by atoms with Crippen LogP contribution in [-0.2, 0) is 4.79 Å². The van der Waals surface area contributed by atoms with Crippen molar-refractivity contribution in [2.24, 2.45) is 5.73 Å². The molecule has 86 valence electrons. The molecule has 0 aromatic heterocycles. The van der Waals surface area contributed by atoms with Crippen molar-refractivity contribution in [3.05, 3.63) is 0 Å². The molecule has 0 spiro atoms. The maximum atomic E-state index is 11.1. The highest BCUT2D eigenvalue weighted by molar-refractivity contribution is 5.94. The molecule has 0 heterocycles. The van der Waals surface area contributed by atoms with Crippen LogP contribution in [0.3, 0.4) is 0 Å². The van der Waals surface area contributed by atoms with E-state index < -0.39 is 11.9 Å². The third-order valence-electron chi connectivity index (χ3n) is 2.75. The largest absolute Gasteiger partial charge is 0.394 e. The summed E-state index contributed by atoms with van der Waals surface area (Å²) in [5.74, 6) is -0.470. The number of primary amides is 1. The highest BCUT2D eigenvalue weighted by atomic mass is 16.3. The molecule has 15 heavy (non-hydrogen) atoms. The Labute approximate surface area is 88.2 Å². The molecule has 0 unspecified atom stereocenters. The van der Waals surface area contributed by atoms with Crippen LogP contribution in [0.1, 0.15) is 25.7 Å². The predicted octanol–water partition coefficient (Wildman–Crippen LogP) is -0.924. The molecule has 1 rings (SSSR count). The van der Waals surface area contributed by atoms with Crippen molar-refractivity contribution in [3.63, 3.8) is 0 Å². The Kier molecular flexibility index (Phi) is 4.05. The van der Waals surface area contributed by atoms with E-state index >= 15 is 0 Å². The topological polar surface area (TPSA) is 104 Å². The van der Waals surface area contributed by atoms with Crippen molar-refractivity contribution < 1.29 is 14.7 Å². The fraction of sp³-hybridized carbons (Fsp3) is 0.778. The molecule has 3 amide bonds. The zero-order valence-corrected chi connectivity index (χ0v) is 8.58. The van der Waals surface area contributed by atoms with Gasteiger partial charge in [0.1, 0.15) is 0 Å². The van der Waals surface area contributed by atoms with Crippen LogP contribution in [-0.4, -0.2) is 35.7 Å². The van der Waals surface area contributed by atoms with Crippen molar-refractivity contribution >= 4 is 11.9 Å². The van der Waals surface area contributed by atoms with E-state index in [1.165, 1.54) is 0 Å². The van der Waals surface area contributed by atoms with Gasteiger partial charge in [-0.15, -0.1) is 0 Å². The minimum Gasteiger partial charge on any atom is -0.394 e. The van der Waals surface area contributed by atoms with Gasteiger partial charge in [0.05, 0.1) is 13.2 Å². The number of hydrogen-bond acceptors (Lipinski definition) is 4. The summed E-state index contributed by atoms with van der Waals surface area (Å²) in [5.41, 5.74) is 4.44. The zero-order chi connectivity index (χ0) is 11.3. The number of nitrogens with one attached hydrogen (secondary N) is 2. The quantitative estimate of drug-likeness (QED) is 0.486. The molecule has 0 bridgehead atoms. The average Bonchev–Trinajstić information content (AvgIpc) is 2.63. The standard InChI is InChI=1S/C9H17N3O3/c10-8(15)12-7(14)5-11-9(6-13)3-1-2-4-9/h11,13H,1-6H2,(H3,10,12,14,15). The fourth-order valence-electron chi connectivity index (χ4n) is 1.89. The maximum absolute atomic E-state index is 11.1. The minimum atomic E-state index is -0.855. The van der Waals surface area contributed by atoms with E-state index in [-0.39, 0.29) is 18.7 Å². The van der Waals surface area contributed by atoms with Crippen LogP contribution in [0.15, 0.2) is 0 Å². The molecule has 0 aliphatic heterocycles. The van der Waals surface area contributed by atoms with Crippen molar-refractivity contribution in [2.45, 2.75) is 31.2 Å². The Morgan fingerprint density at radius 1 is 1.33 bits per heavy atom. The van der Waals surface area contributed by atoms with Gasteiger partial charge in [-0.2, -0.15) is 0 Å². The molecule has 0 aromatic carbocycles. The van der Waals surface area contributed by atoms with Gasteiger partial charge in [0.15, 0.2) is 0 Å². The lowest BCUT2D eigenvalue weighted by Gasteiger charge is -2.27. The highest BCUT2D eigenvalue weighted by Crippen LogP contribution is 2.28. The molecule has 0 radical (unpaired) electrons. The smallest absolute Gasteiger partial charge is 0.318 e. The van der Waals surface area contributed by atoms with Crippen LogP contribution < -0.4 is 16.4 Å². The number of imide groups is 1. The van der Waals surface area contributed by atoms with Gasteiger partial charge in [0.25, 0.3) is 0 Å².